The molecule has 1 N–H and O–H groups in total. The average Bonchev–Trinajstić information content (AvgIpc) is 3.48. The topological polar surface area (TPSA) is 119 Å². The minimum atomic E-state index is -4.85. The third kappa shape index (κ3) is 5.16. The molecule has 4 heterocycles. The molecule has 0 saturated carbocycles. The van der Waals surface area contributed by atoms with Crippen LogP contribution in [0.5, 0.6) is 0 Å². The van der Waals surface area contributed by atoms with Crippen LogP contribution in [0.4, 0.5) is 18.9 Å². The zero-order chi connectivity index (χ0) is 23.6. The minimum absolute atomic E-state index is 0.0448. The Morgan fingerprint density at radius 3 is 2.61 bits per heavy atom. The van der Waals surface area contributed by atoms with Crippen LogP contribution in [-0.2, 0) is 4.79 Å². The maximum atomic E-state index is 12.6. The number of nitrogens with zero attached hydrogens (tertiary/aromatic N) is 7. The first-order valence-electron chi connectivity index (χ1n) is 10.0. The van der Waals surface area contributed by atoms with E-state index in [0.717, 1.165) is 16.2 Å². The number of piperidine rings is 1. The largest absolute Gasteiger partial charge is 0.471 e. The summed E-state index contributed by atoms with van der Waals surface area (Å²) in [5.74, 6) is -2.20. The molecule has 3 aromatic rings. The van der Waals surface area contributed by atoms with E-state index in [-0.39, 0.29) is 30.1 Å². The van der Waals surface area contributed by atoms with E-state index < -0.39 is 18.0 Å². The molecule has 0 bridgehead atoms. The van der Waals surface area contributed by atoms with Gasteiger partial charge in [0.1, 0.15) is 5.69 Å². The summed E-state index contributed by atoms with van der Waals surface area (Å²) < 4.78 is 39.5. The van der Waals surface area contributed by atoms with E-state index in [9.17, 15) is 22.8 Å². The summed E-state index contributed by atoms with van der Waals surface area (Å²) in [4.78, 5) is 32.8. The van der Waals surface area contributed by atoms with Crippen LogP contribution in [0.3, 0.4) is 0 Å². The molecule has 0 aliphatic carbocycles. The molecule has 33 heavy (non-hydrogen) atoms. The number of rotatable bonds is 5. The lowest BCUT2D eigenvalue weighted by Crippen LogP contribution is -2.46. The van der Waals surface area contributed by atoms with Gasteiger partial charge in [-0.3, -0.25) is 24.2 Å². The molecule has 4 rings (SSSR count). The number of nitrogens with one attached hydrogen (secondary N) is 1. The maximum Gasteiger partial charge on any atom is 0.471 e. The molecule has 10 nitrogen and oxygen atoms in total. The summed E-state index contributed by atoms with van der Waals surface area (Å²) in [7, 11) is 0. The van der Waals surface area contributed by atoms with Crippen molar-refractivity contribution in [2.24, 2.45) is 5.92 Å². The number of aromatic nitrogens is 6. The Morgan fingerprint density at radius 2 is 1.94 bits per heavy atom. The fourth-order valence-corrected chi connectivity index (χ4v) is 4.32. The van der Waals surface area contributed by atoms with Crippen LogP contribution in [0.2, 0.25) is 0 Å². The predicted molar refractivity (Wildman–Crippen MR) is 111 cm³/mol. The summed E-state index contributed by atoms with van der Waals surface area (Å²) in [5.41, 5.74) is 0.964. The summed E-state index contributed by atoms with van der Waals surface area (Å²) >= 11 is 1.08. The molecular formula is C19H19F3N8O2S. The van der Waals surface area contributed by atoms with Gasteiger partial charge in [0.15, 0.2) is 5.01 Å². The molecule has 1 unspecified atom stereocenters. The van der Waals surface area contributed by atoms with Crippen molar-refractivity contribution in [3.63, 3.8) is 0 Å². The van der Waals surface area contributed by atoms with Gasteiger partial charge in [0.05, 0.1) is 24.1 Å². The van der Waals surface area contributed by atoms with Crippen LogP contribution >= 0.6 is 11.3 Å². The summed E-state index contributed by atoms with van der Waals surface area (Å²) in [5, 5.41) is 15.5. The van der Waals surface area contributed by atoms with Crippen LogP contribution in [0.1, 0.15) is 35.6 Å². The van der Waals surface area contributed by atoms with Crippen molar-refractivity contribution >= 4 is 28.8 Å². The molecule has 0 radical (unpaired) electrons. The van der Waals surface area contributed by atoms with Gasteiger partial charge in [-0.25, -0.2) is 0 Å². The lowest BCUT2D eigenvalue weighted by atomic mass is 9.90. The number of likely N-dealkylation sites (tertiary alicyclic amines) is 1. The fraction of sp³-hybridized carbons (Fsp3) is 0.421. The number of carbonyl (C=O) groups excluding carboxylic acids is 2. The van der Waals surface area contributed by atoms with Crippen molar-refractivity contribution in [1.29, 1.82) is 0 Å². The van der Waals surface area contributed by atoms with Crippen molar-refractivity contribution in [1.82, 2.24) is 34.8 Å². The molecule has 0 spiro atoms. The van der Waals surface area contributed by atoms with E-state index in [1.165, 1.54) is 24.8 Å². The average molecular weight is 480 g/mol. The number of hydrogen-bond donors (Lipinski definition) is 1. The Balaban J connectivity index is 1.34. The number of hydrogen-bond acceptors (Lipinski definition) is 8. The van der Waals surface area contributed by atoms with Crippen molar-refractivity contribution in [3.8, 4) is 10.7 Å². The third-order valence-corrected chi connectivity index (χ3v) is 6.37. The quantitative estimate of drug-likeness (QED) is 0.596. The lowest BCUT2D eigenvalue weighted by Gasteiger charge is -2.35. The van der Waals surface area contributed by atoms with Crippen molar-refractivity contribution in [2.45, 2.75) is 32.0 Å². The molecule has 174 valence electrons. The SMILES string of the molecule is CC(C1CCN(C(=O)C(F)(F)F)CC1)n1cc(NC(=O)c2nnc(-c3cnccn3)s2)cn1. The Kier molecular flexibility index (Phi) is 6.35. The van der Waals surface area contributed by atoms with E-state index in [1.54, 1.807) is 10.9 Å². The molecule has 1 aliphatic heterocycles. The van der Waals surface area contributed by atoms with E-state index in [2.05, 4.69) is 30.6 Å². The lowest BCUT2D eigenvalue weighted by molar-refractivity contribution is -0.186. The molecule has 1 aliphatic rings. The van der Waals surface area contributed by atoms with Gasteiger partial charge in [-0.1, -0.05) is 11.3 Å². The highest BCUT2D eigenvalue weighted by Crippen LogP contribution is 2.31. The van der Waals surface area contributed by atoms with Gasteiger partial charge in [0.25, 0.3) is 5.91 Å². The second kappa shape index (κ2) is 9.21. The second-order valence-electron chi connectivity index (χ2n) is 7.53. The highest BCUT2D eigenvalue weighted by atomic mass is 32.1. The van der Waals surface area contributed by atoms with Crippen LogP contribution in [0, 0.1) is 5.92 Å². The smallest absolute Gasteiger partial charge is 0.335 e. The third-order valence-electron chi connectivity index (χ3n) is 5.43. The molecule has 2 amide bonds. The van der Waals surface area contributed by atoms with Gasteiger partial charge in [-0.2, -0.15) is 18.3 Å². The van der Waals surface area contributed by atoms with E-state index in [0.29, 0.717) is 29.2 Å². The highest BCUT2D eigenvalue weighted by Gasteiger charge is 2.43. The van der Waals surface area contributed by atoms with Crippen molar-refractivity contribution in [3.05, 3.63) is 36.0 Å². The second-order valence-corrected chi connectivity index (χ2v) is 8.51. The number of carbonyl (C=O) groups is 2. The summed E-state index contributed by atoms with van der Waals surface area (Å²) in [6.07, 6.45) is 3.72. The van der Waals surface area contributed by atoms with E-state index >= 15 is 0 Å². The Bertz CT molecular complexity index is 1130. The zero-order valence-corrected chi connectivity index (χ0v) is 18.2. The normalized spacial score (nSPS) is 15.9. The maximum absolute atomic E-state index is 12.6. The molecule has 1 saturated heterocycles. The molecule has 0 aromatic carbocycles. The van der Waals surface area contributed by atoms with Crippen molar-refractivity contribution < 1.29 is 22.8 Å². The molecular weight excluding hydrogens is 461 g/mol. The first kappa shape index (κ1) is 22.8. The minimum Gasteiger partial charge on any atom is -0.335 e. The first-order valence-corrected chi connectivity index (χ1v) is 10.9. The standard InChI is InChI=1S/C19H19F3N8O2S/c1-11(12-2-6-29(7-3-12)18(32)19(20,21)22)30-10-13(8-25-30)26-15(31)17-28-27-16(33-17)14-9-23-4-5-24-14/h4-5,8-12H,2-3,6-7H2,1H3,(H,26,31). The predicted octanol–water partition coefficient (Wildman–Crippen LogP) is 2.81. The Morgan fingerprint density at radius 1 is 1.18 bits per heavy atom. The number of anilines is 1. The summed E-state index contributed by atoms with van der Waals surface area (Å²) in [6.45, 7) is 2.00. The Labute approximate surface area is 189 Å². The van der Waals surface area contributed by atoms with Gasteiger partial charge < -0.3 is 10.2 Å². The van der Waals surface area contributed by atoms with E-state index in [4.69, 9.17) is 0 Å². The van der Waals surface area contributed by atoms with Gasteiger partial charge in [0.2, 0.25) is 5.01 Å². The molecule has 1 fully saturated rings. The summed E-state index contributed by atoms with van der Waals surface area (Å²) in [6, 6.07) is -0.122. The van der Waals surface area contributed by atoms with Crippen molar-refractivity contribution in [2.75, 3.05) is 18.4 Å². The molecule has 1 atom stereocenters. The van der Waals surface area contributed by atoms with Crippen LogP contribution in [0.25, 0.3) is 10.7 Å². The van der Waals surface area contributed by atoms with Crippen LogP contribution in [0.15, 0.2) is 31.0 Å². The fourth-order valence-electron chi connectivity index (χ4n) is 3.62. The van der Waals surface area contributed by atoms with Gasteiger partial charge in [-0.05, 0) is 25.7 Å². The molecule has 14 heteroatoms. The van der Waals surface area contributed by atoms with Crippen LogP contribution in [-0.4, -0.2) is 65.9 Å². The Hall–Kier alpha value is -3.42. The van der Waals surface area contributed by atoms with Gasteiger partial charge >= 0.3 is 12.1 Å². The van der Waals surface area contributed by atoms with Crippen LogP contribution < -0.4 is 5.32 Å². The first-order chi connectivity index (χ1) is 15.7. The molecule has 3 aromatic heterocycles. The van der Waals surface area contributed by atoms with E-state index in [1.807, 2.05) is 6.92 Å². The zero-order valence-electron chi connectivity index (χ0n) is 17.4. The van der Waals surface area contributed by atoms with Gasteiger partial charge in [-0.15, -0.1) is 10.2 Å². The number of alkyl halides is 3. The monoisotopic (exact) mass is 480 g/mol. The number of amides is 2. The highest BCUT2D eigenvalue weighted by molar-refractivity contribution is 7.16. The van der Waals surface area contributed by atoms with Gasteiger partial charge in [0, 0.05) is 31.7 Å². The number of halogens is 3.